The first-order chi connectivity index (χ1) is 16.8. The van der Waals surface area contributed by atoms with Gasteiger partial charge in [-0.25, -0.2) is 12.8 Å². The van der Waals surface area contributed by atoms with Gasteiger partial charge in [-0.05, 0) is 66.7 Å². The van der Waals surface area contributed by atoms with E-state index in [4.69, 9.17) is 9.47 Å². The van der Waals surface area contributed by atoms with Crippen LogP contribution in [0.3, 0.4) is 0 Å². The van der Waals surface area contributed by atoms with E-state index < -0.39 is 15.8 Å². The van der Waals surface area contributed by atoms with Gasteiger partial charge < -0.3 is 19.3 Å². The zero-order chi connectivity index (χ0) is 25.0. The third kappa shape index (κ3) is 5.48. The zero-order valence-corrected chi connectivity index (χ0v) is 20.2. The Morgan fingerprint density at radius 3 is 2.14 bits per heavy atom. The maximum atomic E-state index is 13.6. The first-order valence-electron chi connectivity index (χ1n) is 11.0. The number of rotatable bonds is 7. The summed E-state index contributed by atoms with van der Waals surface area (Å²) in [6.07, 6.45) is 0. The SMILES string of the molecule is COc1ccc(N2CCN(C(=O)c3ccc(NS(=O)(=O)c4cc(F)ccc4OC)cc3)CC2)cc1. The van der Waals surface area contributed by atoms with Crippen molar-refractivity contribution in [3.63, 3.8) is 0 Å². The molecule has 1 amide bonds. The summed E-state index contributed by atoms with van der Waals surface area (Å²) in [4.78, 5) is 16.6. The van der Waals surface area contributed by atoms with E-state index in [-0.39, 0.29) is 22.2 Å². The quantitative estimate of drug-likeness (QED) is 0.535. The van der Waals surface area contributed by atoms with Crippen molar-refractivity contribution in [2.45, 2.75) is 4.90 Å². The van der Waals surface area contributed by atoms with Crippen molar-refractivity contribution in [3.05, 3.63) is 78.1 Å². The summed E-state index contributed by atoms with van der Waals surface area (Å²) in [5.41, 5.74) is 1.77. The Labute approximate surface area is 203 Å². The van der Waals surface area contributed by atoms with Crippen LogP contribution in [0, 0.1) is 5.82 Å². The highest BCUT2D eigenvalue weighted by atomic mass is 32.2. The minimum atomic E-state index is -4.09. The number of ether oxygens (including phenoxy) is 2. The number of carbonyl (C=O) groups is 1. The number of nitrogens with zero attached hydrogens (tertiary/aromatic N) is 2. The van der Waals surface area contributed by atoms with Gasteiger partial charge in [0.1, 0.15) is 22.2 Å². The summed E-state index contributed by atoms with van der Waals surface area (Å²) < 4.78 is 51.7. The predicted molar refractivity (Wildman–Crippen MR) is 131 cm³/mol. The average Bonchev–Trinajstić information content (AvgIpc) is 2.88. The Balaban J connectivity index is 1.39. The predicted octanol–water partition coefficient (Wildman–Crippen LogP) is 3.61. The van der Waals surface area contributed by atoms with Gasteiger partial charge in [-0.15, -0.1) is 0 Å². The van der Waals surface area contributed by atoms with Crippen LogP contribution in [0.2, 0.25) is 0 Å². The second-order valence-electron chi connectivity index (χ2n) is 7.96. The minimum Gasteiger partial charge on any atom is -0.497 e. The van der Waals surface area contributed by atoms with E-state index in [1.807, 2.05) is 24.3 Å². The van der Waals surface area contributed by atoms with Gasteiger partial charge in [-0.2, -0.15) is 0 Å². The van der Waals surface area contributed by atoms with Crippen molar-refractivity contribution in [1.29, 1.82) is 0 Å². The Hall–Kier alpha value is -3.79. The van der Waals surface area contributed by atoms with Crippen LogP contribution in [0.4, 0.5) is 15.8 Å². The number of piperazine rings is 1. The van der Waals surface area contributed by atoms with Gasteiger partial charge in [-0.1, -0.05) is 0 Å². The van der Waals surface area contributed by atoms with Crippen molar-refractivity contribution in [2.75, 3.05) is 50.0 Å². The lowest BCUT2D eigenvalue weighted by molar-refractivity contribution is 0.0747. The molecule has 0 aromatic heterocycles. The van der Waals surface area contributed by atoms with Crippen LogP contribution in [0.25, 0.3) is 0 Å². The van der Waals surface area contributed by atoms with E-state index in [0.717, 1.165) is 23.6 Å². The number of halogens is 1. The highest BCUT2D eigenvalue weighted by Crippen LogP contribution is 2.27. The number of amides is 1. The molecule has 1 aliphatic rings. The van der Waals surface area contributed by atoms with Crippen LogP contribution in [-0.2, 0) is 10.0 Å². The van der Waals surface area contributed by atoms with E-state index in [1.165, 1.54) is 25.3 Å². The third-order valence-corrected chi connectivity index (χ3v) is 7.21. The molecular weight excluding hydrogens is 473 g/mol. The Morgan fingerprint density at radius 1 is 0.886 bits per heavy atom. The first kappa shape index (κ1) is 24.3. The smallest absolute Gasteiger partial charge is 0.265 e. The molecule has 1 heterocycles. The summed E-state index contributed by atoms with van der Waals surface area (Å²) in [7, 11) is -1.16. The summed E-state index contributed by atoms with van der Waals surface area (Å²) in [5.74, 6) is 0.00245. The van der Waals surface area contributed by atoms with Gasteiger partial charge in [0.2, 0.25) is 0 Å². The van der Waals surface area contributed by atoms with Crippen LogP contribution in [0.5, 0.6) is 11.5 Å². The normalized spacial score (nSPS) is 13.9. The molecule has 0 spiro atoms. The number of hydrogen-bond acceptors (Lipinski definition) is 6. The molecule has 1 aliphatic heterocycles. The summed E-state index contributed by atoms with van der Waals surface area (Å²) >= 11 is 0. The number of sulfonamides is 1. The second-order valence-corrected chi connectivity index (χ2v) is 9.61. The van der Waals surface area contributed by atoms with Crippen LogP contribution in [0.1, 0.15) is 10.4 Å². The molecule has 35 heavy (non-hydrogen) atoms. The monoisotopic (exact) mass is 499 g/mol. The van der Waals surface area contributed by atoms with Crippen LogP contribution in [0.15, 0.2) is 71.6 Å². The number of nitrogens with one attached hydrogen (secondary N) is 1. The van der Waals surface area contributed by atoms with Gasteiger partial charge >= 0.3 is 0 Å². The number of anilines is 2. The zero-order valence-electron chi connectivity index (χ0n) is 19.4. The lowest BCUT2D eigenvalue weighted by Gasteiger charge is -2.36. The summed E-state index contributed by atoms with van der Waals surface area (Å²) in [6.45, 7) is 2.54. The highest BCUT2D eigenvalue weighted by Gasteiger charge is 2.24. The molecule has 0 aliphatic carbocycles. The Morgan fingerprint density at radius 2 is 1.54 bits per heavy atom. The van der Waals surface area contributed by atoms with Gasteiger partial charge in [0, 0.05) is 43.1 Å². The first-order valence-corrected chi connectivity index (χ1v) is 12.4. The van der Waals surface area contributed by atoms with Gasteiger partial charge in [-0.3, -0.25) is 9.52 Å². The molecule has 1 saturated heterocycles. The van der Waals surface area contributed by atoms with Crippen molar-refractivity contribution in [1.82, 2.24) is 4.90 Å². The molecular formula is C25H26FN3O5S. The minimum absolute atomic E-state index is 0.0273. The van der Waals surface area contributed by atoms with Crippen molar-refractivity contribution >= 4 is 27.3 Å². The maximum absolute atomic E-state index is 13.6. The van der Waals surface area contributed by atoms with Gasteiger partial charge in [0.15, 0.2) is 0 Å². The molecule has 0 bridgehead atoms. The van der Waals surface area contributed by atoms with Crippen molar-refractivity contribution in [2.24, 2.45) is 0 Å². The van der Waals surface area contributed by atoms with Crippen LogP contribution in [-0.4, -0.2) is 59.6 Å². The molecule has 0 unspecified atom stereocenters. The Kier molecular flexibility index (Phi) is 7.11. The van der Waals surface area contributed by atoms with Crippen molar-refractivity contribution < 1.29 is 27.1 Å². The largest absolute Gasteiger partial charge is 0.497 e. The van der Waals surface area contributed by atoms with E-state index in [1.54, 1.807) is 24.1 Å². The molecule has 3 aromatic carbocycles. The molecule has 184 valence electrons. The van der Waals surface area contributed by atoms with E-state index in [0.29, 0.717) is 31.7 Å². The standard InChI is InChI=1S/C25H26FN3O5S/c1-33-22-10-8-21(9-11-22)28-13-15-29(16-14-28)25(30)18-3-6-20(7-4-18)27-35(31,32)24-17-19(26)5-12-23(24)34-2/h3-12,17,27H,13-16H2,1-2H3. The fraction of sp³-hybridized carbons (Fsp3) is 0.240. The number of benzene rings is 3. The average molecular weight is 500 g/mol. The number of hydrogen-bond donors (Lipinski definition) is 1. The van der Waals surface area contributed by atoms with E-state index >= 15 is 0 Å². The van der Waals surface area contributed by atoms with Gasteiger partial charge in [0.25, 0.3) is 15.9 Å². The summed E-state index contributed by atoms with van der Waals surface area (Å²) in [6, 6.07) is 17.2. The topological polar surface area (TPSA) is 88.2 Å². The lowest BCUT2D eigenvalue weighted by Crippen LogP contribution is -2.48. The molecule has 1 fully saturated rings. The molecule has 0 saturated carbocycles. The van der Waals surface area contributed by atoms with Gasteiger partial charge in [0.05, 0.1) is 14.2 Å². The fourth-order valence-corrected chi connectivity index (χ4v) is 5.14. The number of methoxy groups -OCH3 is 2. The lowest BCUT2D eigenvalue weighted by atomic mass is 10.1. The molecule has 8 nitrogen and oxygen atoms in total. The van der Waals surface area contributed by atoms with E-state index in [2.05, 4.69) is 9.62 Å². The highest BCUT2D eigenvalue weighted by molar-refractivity contribution is 7.92. The number of carbonyl (C=O) groups excluding carboxylic acids is 1. The van der Waals surface area contributed by atoms with Crippen molar-refractivity contribution in [3.8, 4) is 11.5 Å². The van der Waals surface area contributed by atoms with E-state index in [9.17, 15) is 17.6 Å². The molecule has 3 aromatic rings. The second kappa shape index (κ2) is 10.2. The molecule has 0 radical (unpaired) electrons. The third-order valence-electron chi connectivity index (χ3n) is 5.80. The Bertz CT molecular complexity index is 1290. The van der Waals surface area contributed by atoms with Crippen LogP contribution >= 0.6 is 0 Å². The molecule has 10 heteroatoms. The summed E-state index contributed by atoms with van der Waals surface area (Å²) in [5, 5.41) is 0. The maximum Gasteiger partial charge on any atom is 0.265 e. The molecule has 1 N–H and O–H groups in total. The fourth-order valence-electron chi connectivity index (χ4n) is 3.89. The molecule has 4 rings (SSSR count). The molecule has 0 atom stereocenters. The van der Waals surface area contributed by atoms with Crippen LogP contribution < -0.4 is 19.1 Å².